The van der Waals surface area contributed by atoms with Gasteiger partial charge in [-0.05, 0) is 27.2 Å². The molecule has 1 amide bonds. The zero-order valence-corrected chi connectivity index (χ0v) is 8.46. The number of rotatable bonds is 2. The smallest absolute Gasteiger partial charge is 0.234 e. The van der Waals surface area contributed by atoms with Gasteiger partial charge in [0.15, 0.2) is 0 Å². The number of nitrogens with one attached hydrogen (secondary N) is 1. The van der Waals surface area contributed by atoms with Crippen LogP contribution in [0, 0.1) is 0 Å². The molecule has 3 N–H and O–H groups in total. The summed E-state index contributed by atoms with van der Waals surface area (Å²) in [5, 5.41) is 3.03. The number of carbonyl (C=O) groups excluding carboxylic acids is 1. The highest BCUT2D eigenvalue weighted by Crippen LogP contribution is 2.17. The summed E-state index contributed by atoms with van der Waals surface area (Å²) >= 11 is 0. The third kappa shape index (κ3) is 3.32. The van der Waals surface area contributed by atoms with Crippen LogP contribution < -0.4 is 11.1 Å². The van der Waals surface area contributed by atoms with Gasteiger partial charge in [-0.15, -0.1) is 0 Å². The molecule has 0 radical (unpaired) electrons. The molecule has 0 aromatic rings. The Hall–Kier alpha value is -0.610. The fourth-order valence-electron chi connectivity index (χ4n) is 1.51. The topological polar surface area (TPSA) is 64.3 Å². The first-order chi connectivity index (χ1) is 5.88. The number of nitrogens with two attached hydrogens (primary N) is 1. The summed E-state index contributed by atoms with van der Waals surface area (Å²) in [5.74, 6) is -0.292. The van der Waals surface area contributed by atoms with Crippen LogP contribution in [0.2, 0.25) is 0 Å². The van der Waals surface area contributed by atoms with E-state index >= 15 is 0 Å². The average molecular weight is 186 g/mol. The Morgan fingerprint density at radius 1 is 1.54 bits per heavy atom. The highest BCUT2D eigenvalue weighted by molar-refractivity contribution is 5.80. The number of carbonyl (C=O) groups is 1. The molecule has 4 heteroatoms. The lowest BCUT2D eigenvalue weighted by atomic mass is 10.1. The van der Waals surface area contributed by atoms with E-state index in [1.807, 2.05) is 20.8 Å². The van der Waals surface area contributed by atoms with Gasteiger partial charge in [0.2, 0.25) is 5.91 Å². The Bertz CT molecular complexity index is 198. The Morgan fingerprint density at radius 3 is 2.54 bits per heavy atom. The van der Waals surface area contributed by atoms with Crippen molar-refractivity contribution < 1.29 is 9.53 Å². The number of ether oxygens (including phenoxy) is 1. The fraction of sp³-hybridized carbons (Fsp3) is 0.889. The summed E-state index contributed by atoms with van der Waals surface area (Å²) in [7, 11) is 0. The van der Waals surface area contributed by atoms with Gasteiger partial charge in [0.25, 0.3) is 0 Å². The van der Waals surface area contributed by atoms with Gasteiger partial charge in [-0.1, -0.05) is 0 Å². The molecule has 0 aromatic heterocycles. The standard InChI is InChI=1S/C9H18N2O2/c1-9(2,3)13-6-4-7(8(10)12)11-5-6/h6-7,11H,4-5H2,1-3H3,(H2,10,12)/t6-,7?/m1/s1. The van der Waals surface area contributed by atoms with E-state index in [4.69, 9.17) is 10.5 Å². The molecule has 1 saturated heterocycles. The van der Waals surface area contributed by atoms with E-state index in [2.05, 4.69) is 5.32 Å². The minimum Gasteiger partial charge on any atom is -0.371 e. The minimum atomic E-state index is -0.292. The molecule has 2 atom stereocenters. The molecule has 0 aromatic carbocycles. The Labute approximate surface area is 78.8 Å². The first-order valence-electron chi connectivity index (χ1n) is 4.59. The van der Waals surface area contributed by atoms with E-state index in [0.29, 0.717) is 13.0 Å². The quantitative estimate of drug-likeness (QED) is 0.639. The average Bonchev–Trinajstić information content (AvgIpc) is 2.31. The summed E-state index contributed by atoms with van der Waals surface area (Å²) in [6, 6.07) is -0.215. The normalized spacial score (nSPS) is 29.2. The summed E-state index contributed by atoms with van der Waals surface area (Å²) in [5.41, 5.74) is 5.01. The van der Waals surface area contributed by atoms with E-state index in [0.717, 1.165) is 0 Å². The molecule has 0 aliphatic carbocycles. The van der Waals surface area contributed by atoms with Crippen molar-refractivity contribution in [3.05, 3.63) is 0 Å². The van der Waals surface area contributed by atoms with Crippen LogP contribution >= 0.6 is 0 Å². The molecular weight excluding hydrogens is 168 g/mol. The number of amides is 1. The predicted octanol–water partition coefficient (Wildman–Crippen LogP) is 0.0173. The maximum atomic E-state index is 10.8. The third-order valence-corrected chi connectivity index (χ3v) is 1.95. The molecule has 76 valence electrons. The molecule has 1 rings (SSSR count). The van der Waals surface area contributed by atoms with Gasteiger partial charge >= 0.3 is 0 Å². The maximum absolute atomic E-state index is 10.8. The molecular formula is C9H18N2O2. The van der Waals surface area contributed by atoms with Crippen molar-refractivity contribution in [2.45, 2.75) is 44.9 Å². The highest BCUT2D eigenvalue weighted by atomic mass is 16.5. The lowest BCUT2D eigenvalue weighted by Crippen LogP contribution is -2.36. The maximum Gasteiger partial charge on any atom is 0.234 e. The third-order valence-electron chi connectivity index (χ3n) is 1.95. The molecule has 1 aliphatic rings. The number of primary amides is 1. The Kier molecular flexibility index (Phi) is 2.93. The predicted molar refractivity (Wildman–Crippen MR) is 50.2 cm³/mol. The Morgan fingerprint density at radius 2 is 2.15 bits per heavy atom. The van der Waals surface area contributed by atoms with Gasteiger partial charge in [-0.25, -0.2) is 0 Å². The van der Waals surface area contributed by atoms with Crippen LogP contribution in [0.1, 0.15) is 27.2 Å². The molecule has 4 nitrogen and oxygen atoms in total. The first-order valence-corrected chi connectivity index (χ1v) is 4.59. The zero-order valence-electron chi connectivity index (χ0n) is 8.46. The fourth-order valence-corrected chi connectivity index (χ4v) is 1.51. The van der Waals surface area contributed by atoms with Gasteiger partial charge in [-0.3, -0.25) is 4.79 Å². The summed E-state index contributed by atoms with van der Waals surface area (Å²) in [6.45, 7) is 6.73. The van der Waals surface area contributed by atoms with Crippen LogP contribution in [0.5, 0.6) is 0 Å². The molecule has 0 saturated carbocycles. The van der Waals surface area contributed by atoms with Crippen molar-refractivity contribution >= 4 is 5.91 Å². The SMILES string of the molecule is CC(C)(C)O[C@H]1CNC(C(N)=O)C1. The summed E-state index contributed by atoms with van der Waals surface area (Å²) in [6.07, 6.45) is 0.796. The first kappa shape index (κ1) is 10.5. The highest BCUT2D eigenvalue weighted by Gasteiger charge is 2.30. The van der Waals surface area contributed by atoms with Crippen LogP contribution in [-0.2, 0) is 9.53 Å². The van der Waals surface area contributed by atoms with Crippen molar-refractivity contribution in [1.82, 2.24) is 5.32 Å². The molecule has 0 spiro atoms. The molecule has 0 bridgehead atoms. The van der Waals surface area contributed by atoms with E-state index < -0.39 is 0 Å². The molecule has 1 heterocycles. The van der Waals surface area contributed by atoms with E-state index in [-0.39, 0.29) is 23.7 Å². The molecule has 1 unspecified atom stereocenters. The van der Waals surface area contributed by atoms with Crippen molar-refractivity contribution in [1.29, 1.82) is 0 Å². The van der Waals surface area contributed by atoms with Crippen LogP contribution in [0.3, 0.4) is 0 Å². The van der Waals surface area contributed by atoms with Crippen molar-refractivity contribution in [2.75, 3.05) is 6.54 Å². The second-order valence-electron chi connectivity index (χ2n) is 4.45. The zero-order chi connectivity index (χ0) is 10.1. The van der Waals surface area contributed by atoms with Crippen LogP contribution in [-0.4, -0.2) is 30.2 Å². The molecule has 13 heavy (non-hydrogen) atoms. The van der Waals surface area contributed by atoms with Gasteiger partial charge in [0, 0.05) is 6.54 Å². The minimum absolute atomic E-state index is 0.109. The van der Waals surface area contributed by atoms with E-state index in [1.165, 1.54) is 0 Å². The second-order valence-corrected chi connectivity index (χ2v) is 4.45. The van der Waals surface area contributed by atoms with Crippen molar-refractivity contribution in [2.24, 2.45) is 5.73 Å². The second kappa shape index (κ2) is 3.64. The number of hydrogen-bond donors (Lipinski definition) is 2. The molecule has 1 fully saturated rings. The lowest BCUT2D eigenvalue weighted by molar-refractivity contribution is -0.120. The van der Waals surface area contributed by atoms with Crippen LogP contribution in [0.4, 0.5) is 0 Å². The molecule has 1 aliphatic heterocycles. The van der Waals surface area contributed by atoms with Gasteiger partial charge in [-0.2, -0.15) is 0 Å². The van der Waals surface area contributed by atoms with E-state index in [9.17, 15) is 4.79 Å². The summed E-state index contributed by atoms with van der Waals surface area (Å²) in [4.78, 5) is 10.8. The van der Waals surface area contributed by atoms with Gasteiger partial charge in [0.05, 0.1) is 17.7 Å². The number of hydrogen-bond acceptors (Lipinski definition) is 3. The van der Waals surface area contributed by atoms with Crippen molar-refractivity contribution in [3.63, 3.8) is 0 Å². The lowest BCUT2D eigenvalue weighted by Gasteiger charge is -2.24. The van der Waals surface area contributed by atoms with Crippen LogP contribution in [0.25, 0.3) is 0 Å². The largest absolute Gasteiger partial charge is 0.371 e. The monoisotopic (exact) mass is 186 g/mol. The van der Waals surface area contributed by atoms with E-state index in [1.54, 1.807) is 0 Å². The summed E-state index contributed by atoms with van der Waals surface area (Å²) < 4.78 is 5.71. The van der Waals surface area contributed by atoms with Gasteiger partial charge in [0.1, 0.15) is 0 Å². The van der Waals surface area contributed by atoms with Crippen LogP contribution in [0.15, 0.2) is 0 Å². The van der Waals surface area contributed by atoms with Gasteiger partial charge < -0.3 is 15.8 Å². The van der Waals surface area contributed by atoms with Crippen molar-refractivity contribution in [3.8, 4) is 0 Å². The Balaban J connectivity index is 2.38.